The summed E-state index contributed by atoms with van der Waals surface area (Å²) in [4.78, 5) is 3.27. The van der Waals surface area contributed by atoms with Crippen molar-refractivity contribution in [1.29, 1.82) is 0 Å². The summed E-state index contributed by atoms with van der Waals surface area (Å²) in [6.07, 6.45) is 0.642. The molecule has 116 valence electrons. The lowest BCUT2D eigenvalue weighted by molar-refractivity contribution is 0.581. The second-order valence-electron chi connectivity index (χ2n) is 4.52. The highest BCUT2D eigenvalue weighted by Gasteiger charge is 2.19. The number of hydrogen-bond acceptors (Lipinski definition) is 5. The number of hydrogen-bond donors (Lipinski definition) is 2. The standard InChI is InChI=1S/C13H17ClN2O2S3/c1-9-12(7-11(19-9)8-15-2)21(17,18)16-6-5-10-3-4-13(14)20-10/h3-4,7,15-16H,5-6,8H2,1-2H3. The van der Waals surface area contributed by atoms with E-state index in [1.807, 2.05) is 26.1 Å². The maximum absolute atomic E-state index is 12.3. The normalized spacial score (nSPS) is 12.0. The van der Waals surface area contributed by atoms with E-state index < -0.39 is 10.0 Å². The van der Waals surface area contributed by atoms with Gasteiger partial charge in [0.25, 0.3) is 0 Å². The number of halogens is 1. The molecular formula is C13H17ClN2O2S3. The Morgan fingerprint density at radius 2 is 2.00 bits per heavy atom. The van der Waals surface area contributed by atoms with Gasteiger partial charge in [0.1, 0.15) is 0 Å². The smallest absolute Gasteiger partial charge is 0.241 e. The molecule has 2 rings (SSSR count). The zero-order valence-electron chi connectivity index (χ0n) is 11.8. The van der Waals surface area contributed by atoms with Crippen LogP contribution in [0.4, 0.5) is 0 Å². The average molecular weight is 365 g/mol. The molecule has 2 aromatic rings. The SMILES string of the molecule is CNCc1cc(S(=O)(=O)NCCc2ccc(Cl)s2)c(C)s1. The third kappa shape index (κ3) is 4.51. The largest absolute Gasteiger partial charge is 0.315 e. The zero-order valence-corrected chi connectivity index (χ0v) is 15.0. The van der Waals surface area contributed by atoms with E-state index in [0.717, 1.165) is 19.0 Å². The van der Waals surface area contributed by atoms with Gasteiger partial charge in [0, 0.05) is 27.7 Å². The lowest BCUT2D eigenvalue weighted by atomic mass is 10.3. The molecule has 8 heteroatoms. The molecule has 0 aliphatic carbocycles. The molecule has 0 aliphatic rings. The molecule has 0 spiro atoms. The first-order valence-electron chi connectivity index (χ1n) is 6.40. The third-order valence-corrected chi connectivity index (χ3v) is 6.91. The van der Waals surface area contributed by atoms with Gasteiger partial charge >= 0.3 is 0 Å². The Bertz CT molecular complexity index is 707. The number of rotatable bonds is 7. The van der Waals surface area contributed by atoms with E-state index in [1.165, 1.54) is 22.7 Å². The van der Waals surface area contributed by atoms with E-state index in [9.17, 15) is 8.42 Å². The van der Waals surface area contributed by atoms with Crippen molar-refractivity contribution in [3.05, 3.63) is 37.2 Å². The molecule has 0 atom stereocenters. The summed E-state index contributed by atoms with van der Waals surface area (Å²) in [5.74, 6) is 0. The minimum absolute atomic E-state index is 0.371. The highest BCUT2D eigenvalue weighted by Crippen LogP contribution is 2.26. The summed E-state index contributed by atoms with van der Waals surface area (Å²) < 4.78 is 28.0. The molecule has 0 saturated heterocycles. The van der Waals surface area contributed by atoms with Gasteiger partial charge in [-0.2, -0.15) is 0 Å². The van der Waals surface area contributed by atoms with Crippen molar-refractivity contribution >= 4 is 44.3 Å². The minimum atomic E-state index is -3.45. The van der Waals surface area contributed by atoms with E-state index in [4.69, 9.17) is 11.6 Å². The fraction of sp³-hybridized carbons (Fsp3) is 0.385. The van der Waals surface area contributed by atoms with Crippen LogP contribution in [0.1, 0.15) is 14.6 Å². The van der Waals surface area contributed by atoms with Gasteiger partial charge in [-0.05, 0) is 38.6 Å². The fourth-order valence-electron chi connectivity index (χ4n) is 1.92. The minimum Gasteiger partial charge on any atom is -0.315 e. The maximum atomic E-state index is 12.3. The van der Waals surface area contributed by atoms with Crippen LogP contribution in [0.3, 0.4) is 0 Å². The Balaban J connectivity index is 2.01. The van der Waals surface area contributed by atoms with E-state index in [-0.39, 0.29) is 0 Å². The third-order valence-electron chi connectivity index (χ3n) is 2.86. The van der Waals surface area contributed by atoms with Crippen LogP contribution in [0.15, 0.2) is 23.1 Å². The van der Waals surface area contributed by atoms with Crippen LogP contribution in [0.2, 0.25) is 4.34 Å². The molecule has 0 aliphatic heterocycles. The molecule has 21 heavy (non-hydrogen) atoms. The highest BCUT2D eigenvalue weighted by molar-refractivity contribution is 7.89. The number of nitrogens with one attached hydrogen (secondary N) is 2. The first kappa shape index (κ1) is 16.9. The summed E-state index contributed by atoms with van der Waals surface area (Å²) in [6.45, 7) is 2.88. The van der Waals surface area contributed by atoms with E-state index >= 15 is 0 Å². The van der Waals surface area contributed by atoms with Gasteiger partial charge in [0.15, 0.2) is 0 Å². The molecule has 0 radical (unpaired) electrons. The second kappa shape index (κ2) is 7.21. The van der Waals surface area contributed by atoms with Crippen molar-refractivity contribution in [3.63, 3.8) is 0 Å². The second-order valence-corrected chi connectivity index (χ2v) is 9.39. The van der Waals surface area contributed by atoms with Crippen LogP contribution in [-0.4, -0.2) is 22.0 Å². The van der Waals surface area contributed by atoms with Crippen LogP contribution >= 0.6 is 34.3 Å². The first-order valence-corrected chi connectivity index (χ1v) is 9.89. The van der Waals surface area contributed by atoms with E-state index in [2.05, 4.69) is 10.0 Å². The average Bonchev–Trinajstić information content (AvgIpc) is 2.96. The summed E-state index contributed by atoms with van der Waals surface area (Å²) in [5.41, 5.74) is 0. The number of thiophene rings is 2. The maximum Gasteiger partial charge on any atom is 0.241 e. The van der Waals surface area contributed by atoms with Crippen LogP contribution in [-0.2, 0) is 23.0 Å². The van der Waals surface area contributed by atoms with Gasteiger partial charge in [-0.15, -0.1) is 22.7 Å². The molecule has 0 unspecified atom stereocenters. The molecule has 4 nitrogen and oxygen atoms in total. The van der Waals surface area contributed by atoms with Crippen molar-refractivity contribution in [2.75, 3.05) is 13.6 Å². The first-order chi connectivity index (χ1) is 9.92. The van der Waals surface area contributed by atoms with Gasteiger partial charge in [0.2, 0.25) is 10.0 Å². The predicted octanol–water partition coefficient (Wildman–Crippen LogP) is 3.01. The number of sulfonamides is 1. The molecular weight excluding hydrogens is 348 g/mol. The molecule has 0 aromatic carbocycles. The van der Waals surface area contributed by atoms with Crippen molar-refractivity contribution in [3.8, 4) is 0 Å². The molecule has 0 amide bonds. The monoisotopic (exact) mass is 364 g/mol. The van der Waals surface area contributed by atoms with Gasteiger partial charge in [-0.3, -0.25) is 0 Å². The summed E-state index contributed by atoms with van der Waals surface area (Å²) in [7, 11) is -1.61. The van der Waals surface area contributed by atoms with E-state index in [1.54, 1.807) is 6.07 Å². The summed E-state index contributed by atoms with van der Waals surface area (Å²) >= 11 is 8.83. The van der Waals surface area contributed by atoms with Crippen molar-refractivity contribution < 1.29 is 8.42 Å². The van der Waals surface area contributed by atoms with Crippen LogP contribution < -0.4 is 10.0 Å². The fourth-order valence-corrected chi connectivity index (χ4v) is 5.69. The van der Waals surface area contributed by atoms with Crippen LogP contribution in [0.5, 0.6) is 0 Å². The molecule has 0 fully saturated rings. The van der Waals surface area contributed by atoms with Crippen LogP contribution in [0, 0.1) is 6.92 Å². The summed E-state index contributed by atoms with van der Waals surface area (Å²) in [5, 5.41) is 3.03. The van der Waals surface area contributed by atoms with Crippen molar-refractivity contribution in [2.45, 2.75) is 24.8 Å². The van der Waals surface area contributed by atoms with Gasteiger partial charge in [0.05, 0.1) is 9.23 Å². The Hall–Kier alpha value is -0.440. The zero-order chi connectivity index (χ0) is 15.5. The molecule has 2 N–H and O–H groups in total. The van der Waals surface area contributed by atoms with Gasteiger partial charge in [-0.25, -0.2) is 13.1 Å². The Kier molecular flexibility index (Phi) is 5.81. The Morgan fingerprint density at radius 1 is 1.24 bits per heavy atom. The van der Waals surface area contributed by atoms with Gasteiger partial charge in [-0.1, -0.05) is 11.6 Å². The molecule has 0 bridgehead atoms. The topological polar surface area (TPSA) is 58.2 Å². The number of aryl methyl sites for hydroxylation is 1. The molecule has 0 saturated carbocycles. The van der Waals surface area contributed by atoms with E-state index in [0.29, 0.717) is 24.4 Å². The predicted molar refractivity (Wildman–Crippen MR) is 90.0 cm³/mol. The Labute approximate surface area is 138 Å². The highest BCUT2D eigenvalue weighted by atomic mass is 35.5. The quantitative estimate of drug-likeness (QED) is 0.794. The lowest BCUT2D eigenvalue weighted by Gasteiger charge is -2.05. The molecule has 2 heterocycles. The Morgan fingerprint density at radius 3 is 2.62 bits per heavy atom. The van der Waals surface area contributed by atoms with Crippen LogP contribution in [0.25, 0.3) is 0 Å². The van der Waals surface area contributed by atoms with Crippen molar-refractivity contribution in [2.24, 2.45) is 0 Å². The molecule has 2 aromatic heterocycles. The lowest BCUT2D eigenvalue weighted by Crippen LogP contribution is -2.26. The van der Waals surface area contributed by atoms with Gasteiger partial charge < -0.3 is 5.32 Å². The van der Waals surface area contributed by atoms with Crippen molar-refractivity contribution in [1.82, 2.24) is 10.0 Å². The summed E-state index contributed by atoms with van der Waals surface area (Å²) in [6, 6.07) is 5.48.